The molecule has 11 heteroatoms. The molecule has 43 heavy (non-hydrogen) atoms. The number of ether oxygens (including phenoxy) is 2. The number of methoxy groups -OCH3 is 2. The van der Waals surface area contributed by atoms with Crippen molar-refractivity contribution in [2.24, 2.45) is 0 Å². The van der Waals surface area contributed by atoms with E-state index in [1.165, 1.54) is 56.3 Å². The van der Waals surface area contributed by atoms with Gasteiger partial charge in [-0.3, -0.25) is 14.4 Å². The van der Waals surface area contributed by atoms with Gasteiger partial charge in [0.05, 0.1) is 25.5 Å². The van der Waals surface area contributed by atoms with Gasteiger partial charge in [0.25, 0.3) is 11.8 Å². The minimum Gasteiger partial charge on any atom is -0.497 e. The topological polar surface area (TPSA) is 106 Å². The van der Waals surface area contributed by atoms with Crippen molar-refractivity contribution in [2.75, 3.05) is 30.6 Å². The van der Waals surface area contributed by atoms with E-state index < -0.39 is 17.6 Å². The quantitative estimate of drug-likeness (QED) is 0.121. The number of hydrogen-bond acceptors (Lipinski definition) is 6. The Morgan fingerprint density at radius 3 is 2.12 bits per heavy atom. The minimum atomic E-state index is -0.756. The lowest BCUT2D eigenvalue weighted by atomic mass is 10.1. The van der Waals surface area contributed by atoms with Crippen LogP contribution < -0.4 is 25.4 Å². The highest BCUT2D eigenvalue weighted by Gasteiger charge is 2.17. The number of anilines is 2. The van der Waals surface area contributed by atoms with E-state index in [4.69, 9.17) is 9.47 Å². The third-order valence-corrected chi connectivity index (χ3v) is 7.45. The summed E-state index contributed by atoms with van der Waals surface area (Å²) in [7, 11) is 3.06. The first-order valence-corrected chi connectivity index (χ1v) is 14.6. The van der Waals surface area contributed by atoms with Gasteiger partial charge in [0.15, 0.2) is 0 Å². The van der Waals surface area contributed by atoms with Crippen LogP contribution in [0.15, 0.2) is 106 Å². The van der Waals surface area contributed by atoms with Crippen LogP contribution in [0.1, 0.15) is 15.9 Å². The summed E-state index contributed by atoms with van der Waals surface area (Å²) in [5.74, 6) is -1.01. The zero-order valence-corrected chi connectivity index (χ0v) is 25.6. The first-order valence-electron chi connectivity index (χ1n) is 12.8. The Bertz CT molecular complexity index is 1620. The maximum Gasteiger partial charge on any atom is 0.272 e. The Kier molecular flexibility index (Phi) is 11.0. The van der Waals surface area contributed by atoms with Crippen molar-refractivity contribution in [1.82, 2.24) is 5.32 Å². The van der Waals surface area contributed by atoms with Crippen molar-refractivity contribution < 1.29 is 28.2 Å². The maximum atomic E-state index is 14.2. The van der Waals surface area contributed by atoms with Crippen molar-refractivity contribution in [3.8, 4) is 11.5 Å². The highest BCUT2D eigenvalue weighted by Crippen LogP contribution is 2.27. The average molecular weight is 665 g/mol. The SMILES string of the molecule is COc1cc(NC(=O)CSc2ccc(NC(=O)/C(=C\c3ccc(Br)cc3)NC(=O)c3ccccc3F)cc2)cc(OC)c1. The second-order valence-electron chi connectivity index (χ2n) is 8.96. The molecule has 8 nitrogen and oxygen atoms in total. The maximum absolute atomic E-state index is 14.2. The molecule has 4 rings (SSSR count). The highest BCUT2D eigenvalue weighted by atomic mass is 79.9. The molecule has 0 aliphatic heterocycles. The number of carbonyl (C=O) groups is 3. The fraction of sp³-hybridized carbons (Fsp3) is 0.0938. The molecule has 0 aliphatic rings. The molecule has 3 amide bonds. The van der Waals surface area contributed by atoms with E-state index in [1.807, 2.05) is 0 Å². The molecule has 0 aromatic heterocycles. The number of amides is 3. The number of benzene rings is 4. The van der Waals surface area contributed by atoms with E-state index in [2.05, 4.69) is 31.9 Å². The molecule has 0 heterocycles. The van der Waals surface area contributed by atoms with Gasteiger partial charge in [0, 0.05) is 38.9 Å². The van der Waals surface area contributed by atoms with Gasteiger partial charge in [0.2, 0.25) is 5.91 Å². The molecule has 0 aliphatic carbocycles. The molecule has 0 atom stereocenters. The van der Waals surface area contributed by atoms with Crippen molar-refractivity contribution >= 4 is 62.9 Å². The van der Waals surface area contributed by atoms with E-state index in [9.17, 15) is 18.8 Å². The third-order valence-electron chi connectivity index (χ3n) is 5.91. The van der Waals surface area contributed by atoms with E-state index in [0.29, 0.717) is 28.4 Å². The number of nitrogens with one attached hydrogen (secondary N) is 3. The second kappa shape index (κ2) is 15.0. The standard InChI is InChI=1S/C32H27BrFN3O5S/c1-41-24-16-23(17-25(18-24)42-2)35-30(38)19-43-26-13-11-22(12-14-26)36-32(40)29(15-20-7-9-21(33)10-8-20)37-31(39)27-5-3-4-6-28(27)34/h3-18H,19H2,1-2H3,(H,35,38)(H,36,40)(H,37,39)/b29-15+. The molecular weight excluding hydrogens is 637 g/mol. The number of rotatable bonds is 11. The number of halogens is 2. The van der Waals surface area contributed by atoms with Gasteiger partial charge in [-0.05, 0) is 60.2 Å². The Hall–Kier alpha value is -4.61. The van der Waals surface area contributed by atoms with E-state index in [1.54, 1.807) is 66.7 Å². The van der Waals surface area contributed by atoms with Gasteiger partial charge >= 0.3 is 0 Å². The summed E-state index contributed by atoms with van der Waals surface area (Å²) in [6.45, 7) is 0. The molecule has 0 bridgehead atoms. The van der Waals surface area contributed by atoms with Crippen LogP contribution in [-0.2, 0) is 9.59 Å². The average Bonchev–Trinajstić information content (AvgIpc) is 3.01. The van der Waals surface area contributed by atoms with Gasteiger partial charge in [-0.25, -0.2) is 4.39 Å². The number of carbonyl (C=O) groups excluding carboxylic acids is 3. The predicted octanol–water partition coefficient (Wildman–Crippen LogP) is 6.75. The summed E-state index contributed by atoms with van der Waals surface area (Å²) in [5, 5.41) is 8.11. The largest absolute Gasteiger partial charge is 0.497 e. The normalized spacial score (nSPS) is 10.9. The van der Waals surface area contributed by atoms with Crippen LogP contribution in [-0.4, -0.2) is 37.7 Å². The lowest BCUT2D eigenvalue weighted by Crippen LogP contribution is -2.31. The molecule has 0 saturated heterocycles. The fourth-order valence-corrected chi connectivity index (χ4v) is 4.74. The van der Waals surface area contributed by atoms with Crippen LogP contribution in [0.25, 0.3) is 6.08 Å². The lowest BCUT2D eigenvalue weighted by Gasteiger charge is -2.12. The molecular formula is C32H27BrFN3O5S. The van der Waals surface area contributed by atoms with Gasteiger partial charge < -0.3 is 25.4 Å². The summed E-state index contributed by atoms with van der Waals surface area (Å²) in [4.78, 5) is 39.3. The van der Waals surface area contributed by atoms with Crippen molar-refractivity contribution in [2.45, 2.75) is 4.90 Å². The Morgan fingerprint density at radius 1 is 0.837 bits per heavy atom. The fourth-order valence-electron chi connectivity index (χ4n) is 3.78. The van der Waals surface area contributed by atoms with Crippen molar-refractivity contribution in [1.29, 1.82) is 0 Å². The summed E-state index contributed by atoms with van der Waals surface area (Å²) < 4.78 is 25.5. The first kappa shape index (κ1) is 31.3. The molecule has 4 aromatic rings. The molecule has 0 fully saturated rings. The van der Waals surface area contributed by atoms with Gasteiger partial charge in [0.1, 0.15) is 23.0 Å². The monoisotopic (exact) mass is 663 g/mol. The van der Waals surface area contributed by atoms with Crippen molar-refractivity contribution in [3.63, 3.8) is 0 Å². The van der Waals surface area contributed by atoms with E-state index in [0.717, 1.165) is 9.37 Å². The zero-order chi connectivity index (χ0) is 30.8. The molecule has 3 N–H and O–H groups in total. The highest BCUT2D eigenvalue weighted by molar-refractivity contribution is 9.10. The first-order chi connectivity index (χ1) is 20.7. The number of hydrogen-bond donors (Lipinski definition) is 3. The smallest absolute Gasteiger partial charge is 0.272 e. The van der Waals surface area contributed by atoms with Crippen LogP contribution >= 0.6 is 27.7 Å². The van der Waals surface area contributed by atoms with Crippen LogP contribution in [0.2, 0.25) is 0 Å². The molecule has 220 valence electrons. The van der Waals surface area contributed by atoms with Crippen LogP contribution in [0.4, 0.5) is 15.8 Å². The number of thioether (sulfide) groups is 1. The zero-order valence-electron chi connectivity index (χ0n) is 23.2. The predicted molar refractivity (Wildman–Crippen MR) is 170 cm³/mol. The van der Waals surface area contributed by atoms with Gasteiger partial charge in [-0.1, -0.05) is 40.2 Å². The summed E-state index contributed by atoms with van der Waals surface area (Å²) in [6.07, 6.45) is 1.50. The van der Waals surface area contributed by atoms with Crippen LogP contribution in [0.3, 0.4) is 0 Å². The molecule has 0 unspecified atom stereocenters. The minimum absolute atomic E-state index is 0.0696. The summed E-state index contributed by atoms with van der Waals surface area (Å²) >= 11 is 4.69. The van der Waals surface area contributed by atoms with Gasteiger partial charge in [-0.15, -0.1) is 11.8 Å². The summed E-state index contributed by atoms with van der Waals surface area (Å²) in [5.41, 5.74) is 1.41. The second-order valence-corrected chi connectivity index (χ2v) is 10.9. The Morgan fingerprint density at radius 2 is 1.49 bits per heavy atom. The molecule has 0 saturated carbocycles. The van der Waals surface area contributed by atoms with Crippen LogP contribution in [0.5, 0.6) is 11.5 Å². The van der Waals surface area contributed by atoms with E-state index >= 15 is 0 Å². The van der Waals surface area contributed by atoms with Crippen LogP contribution in [0, 0.1) is 5.82 Å². The van der Waals surface area contributed by atoms with Gasteiger partial charge in [-0.2, -0.15) is 0 Å². The Labute approximate surface area is 260 Å². The van der Waals surface area contributed by atoms with E-state index in [-0.39, 0.29) is 22.9 Å². The Balaban J connectivity index is 1.40. The molecule has 0 spiro atoms. The molecule has 4 aromatic carbocycles. The molecule has 0 radical (unpaired) electrons. The van der Waals surface area contributed by atoms with Crippen molar-refractivity contribution in [3.05, 3.63) is 118 Å². The lowest BCUT2D eigenvalue weighted by molar-refractivity contribution is -0.114. The third kappa shape index (κ3) is 9.19. The summed E-state index contributed by atoms with van der Waals surface area (Å²) in [6, 6.07) is 24.6.